The number of hydrogen-bond donors (Lipinski definition) is 0. The van der Waals surface area contributed by atoms with E-state index in [1.165, 1.54) is 32.2 Å². The lowest BCUT2D eigenvalue weighted by atomic mass is 9.68. The van der Waals surface area contributed by atoms with Crippen LogP contribution in [0.2, 0.25) is 0 Å². The number of carbonyl (C=O) groups excluding carboxylic acids is 1. The highest BCUT2D eigenvalue weighted by molar-refractivity contribution is 5.82. The average Bonchev–Trinajstić information content (AvgIpc) is 2.40. The molecule has 2 aliphatic rings. The molecule has 0 aromatic carbocycles. The van der Waals surface area contributed by atoms with Gasteiger partial charge in [0.1, 0.15) is 5.78 Å². The van der Waals surface area contributed by atoms with Gasteiger partial charge in [-0.3, -0.25) is 9.69 Å². The Kier molecular flexibility index (Phi) is 5.28. The van der Waals surface area contributed by atoms with Crippen LogP contribution in [-0.4, -0.2) is 29.8 Å². The molecule has 1 saturated carbocycles. The van der Waals surface area contributed by atoms with E-state index in [0.717, 1.165) is 37.8 Å². The molecular weight excluding hydrogens is 246 g/mol. The van der Waals surface area contributed by atoms with Crippen LogP contribution in [0.5, 0.6) is 0 Å². The molecule has 0 bridgehead atoms. The van der Waals surface area contributed by atoms with Crippen molar-refractivity contribution >= 4 is 5.78 Å². The van der Waals surface area contributed by atoms with Crippen molar-refractivity contribution in [1.29, 1.82) is 0 Å². The third-order valence-electron chi connectivity index (χ3n) is 5.66. The van der Waals surface area contributed by atoms with E-state index in [9.17, 15) is 4.79 Å². The first-order chi connectivity index (χ1) is 9.41. The third kappa shape index (κ3) is 3.84. The van der Waals surface area contributed by atoms with E-state index in [4.69, 9.17) is 0 Å². The maximum Gasteiger partial charge on any atom is 0.137 e. The summed E-state index contributed by atoms with van der Waals surface area (Å²) in [4.78, 5) is 14.9. The lowest BCUT2D eigenvalue weighted by molar-refractivity contribution is -0.127. The highest BCUT2D eigenvalue weighted by Gasteiger charge is 2.36. The molecule has 116 valence electrons. The highest BCUT2D eigenvalue weighted by atomic mass is 16.1. The van der Waals surface area contributed by atoms with Crippen molar-refractivity contribution in [3.05, 3.63) is 0 Å². The number of ketones is 1. The van der Waals surface area contributed by atoms with Crippen molar-refractivity contribution in [3.63, 3.8) is 0 Å². The number of nitrogens with zero attached hydrogens (tertiary/aromatic N) is 1. The molecule has 1 saturated heterocycles. The Hall–Kier alpha value is -0.370. The molecule has 0 N–H and O–H groups in total. The van der Waals surface area contributed by atoms with E-state index >= 15 is 0 Å². The second-order valence-corrected chi connectivity index (χ2v) is 8.05. The second kappa shape index (κ2) is 6.60. The van der Waals surface area contributed by atoms with Gasteiger partial charge in [-0.05, 0) is 50.0 Å². The van der Waals surface area contributed by atoms with E-state index in [1.807, 2.05) is 0 Å². The van der Waals surface area contributed by atoms with Gasteiger partial charge in [-0.15, -0.1) is 0 Å². The van der Waals surface area contributed by atoms with E-state index in [2.05, 4.69) is 32.6 Å². The van der Waals surface area contributed by atoms with Gasteiger partial charge in [-0.1, -0.05) is 34.1 Å². The molecule has 0 radical (unpaired) electrons. The summed E-state index contributed by atoms with van der Waals surface area (Å²) in [5.74, 6) is 1.56. The minimum Gasteiger partial charge on any atom is -0.300 e. The standard InChI is InChI=1S/C18H33NO/c1-5-16-8-6-7-11-19(16)13-14-12-15(18(2,3)4)9-10-17(14)20/h14-16H,5-13H2,1-4H3. The normalized spacial score (nSPS) is 33.4. The second-order valence-electron chi connectivity index (χ2n) is 8.05. The van der Waals surface area contributed by atoms with Gasteiger partial charge in [-0.25, -0.2) is 0 Å². The molecule has 0 aromatic heterocycles. The molecule has 2 rings (SSSR count). The molecule has 0 spiro atoms. The van der Waals surface area contributed by atoms with Crippen molar-refractivity contribution in [2.75, 3.05) is 13.1 Å². The minimum atomic E-state index is 0.306. The maximum atomic E-state index is 12.3. The largest absolute Gasteiger partial charge is 0.300 e. The Morgan fingerprint density at radius 3 is 2.60 bits per heavy atom. The fraction of sp³-hybridized carbons (Fsp3) is 0.944. The molecule has 3 atom stereocenters. The van der Waals surface area contributed by atoms with Crippen LogP contribution in [-0.2, 0) is 4.79 Å². The van der Waals surface area contributed by atoms with Gasteiger partial charge in [-0.2, -0.15) is 0 Å². The topological polar surface area (TPSA) is 20.3 Å². The summed E-state index contributed by atoms with van der Waals surface area (Å²) in [6.45, 7) is 11.5. The third-order valence-corrected chi connectivity index (χ3v) is 5.66. The summed E-state index contributed by atoms with van der Waals surface area (Å²) in [6, 6.07) is 0.728. The molecule has 2 nitrogen and oxygen atoms in total. The van der Waals surface area contributed by atoms with Crippen LogP contribution in [0.4, 0.5) is 0 Å². The van der Waals surface area contributed by atoms with Crippen molar-refractivity contribution in [3.8, 4) is 0 Å². The summed E-state index contributed by atoms with van der Waals surface area (Å²) in [5.41, 5.74) is 0.352. The predicted molar refractivity (Wildman–Crippen MR) is 84.8 cm³/mol. The number of hydrogen-bond acceptors (Lipinski definition) is 2. The van der Waals surface area contributed by atoms with Crippen molar-refractivity contribution in [2.45, 2.75) is 78.7 Å². The zero-order valence-electron chi connectivity index (χ0n) is 14.0. The Labute approximate surface area is 125 Å². The van der Waals surface area contributed by atoms with Crippen LogP contribution in [0.15, 0.2) is 0 Å². The molecule has 20 heavy (non-hydrogen) atoms. The first kappa shape index (κ1) is 16.0. The van der Waals surface area contributed by atoms with Crippen LogP contribution >= 0.6 is 0 Å². The Balaban J connectivity index is 1.97. The van der Waals surface area contributed by atoms with Gasteiger partial charge < -0.3 is 0 Å². The minimum absolute atomic E-state index is 0.306. The summed E-state index contributed by atoms with van der Waals surface area (Å²) in [5, 5.41) is 0. The Morgan fingerprint density at radius 2 is 1.95 bits per heavy atom. The number of carbonyl (C=O) groups is 1. The number of rotatable bonds is 3. The van der Waals surface area contributed by atoms with Crippen LogP contribution in [0.3, 0.4) is 0 Å². The van der Waals surface area contributed by atoms with Crippen LogP contribution in [0.25, 0.3) is 0 Å². The van der Waals surface area contributed by atoms with Crippen molar-refractivity contribution < 1.29 is 4.79 Å². The zero-order valence-corrected chi connectivity index (χ0v) is 14.0. The molecule has 2 heteroatoms. The van der Waals surface area contributed by atoms with Crippen molar-refractivity contribution in [1.82, 2.24) is 4.90 Å². The Bertz CT molecular complexity index is 331. The molecule has 1 aliphatic carbocycles. The van der Waals surface area contributed by atoms with E-state index < -0.39 is 0 Å². The maximum absolute atomic E-state index is 12.3. The van der Waals surface area contributed by atoms with Crippen LogP contribution in [0.1, 0.15) is 72.6 Å². The van der Waals surface area contributed by atoms with E-state index in [-0.39, 0.29) is 0 Å². The molecule has 3 unspecified atom stereocenters. The SMILES string of the molecule is CCC1CCCCN1CC1CC(C(C)(C)C)CCC1=O. The number of Topliss-reactive ketones (excluding diaryl/α,β-unsaturated/α-hetero) is 1. The van der Waals surface area contributed by atoms with Crippen LogP contribution < -0.4 is 0 Å². The van der Waals surface area contributed by atoms with Gasteiger partial charge in [0.15, 0.2) is 0 Å². The number of likely N-dealkylation sites (tertiary alicyclic amines) is 1. The zero-order chi connectivity index (χ0) is 14.8. The predicted octanol–water partition coefficient (Wildman–Crippen LogP) is 4.28. The highest BCUT2D eigenvalue weighted by Crippen LogP contribution is 2.39. The summed E-state index contributed by atoms with van der Waals surface area (Å²) in [7, 11) is 0. The van der Waals surface area contributed by atoms with Gasteiger partial charge in [0.25, 0.3) is 0 Å². The molecule has 2 fully saturated rings. The lowest BCUT2D eigenvalue weighted by Gasteiger charge is -2.41. The van der Waals surface area contributed by atoms with Crippen LogP contribution in [0, 0.1) is 17.3 Å². The van der Waals surface area contributed by atoms with E-state index in [0.29, 0.717) is 17.1 Å². The van der Waals surface area contributed by atoms with Gasteiger partial charge in [0.2, 0.25) is 0 Å². The lowest BCUT2D eigenvalue weighted by Crippen LogP contribution is -2.45. The number of piperidine rings is 1. The van der Waals surface area contributed by atoms with E-state index in [1.54, 1.807) is 0 Å². The quantitative estimate of drug-likeness (QED) is 0.768. The van der Waals surface area contributed by atoms with Gasteiger partial charge in [0, 0.05) is 24.9 Å². The summed E-state index contributed by atoms with van der Waals surface area (Å²) >= 11 is 0. The molecular formula is C18H33NO. The molecule has 1 aliphatic heterocycles. The first-order valence-corrected chi connectivity index (χ1v) is 8.68. The molecule has 1 heterocycles. The molecule has 0 amide bonds. The average molecular weight is 279 g/mol. The van der Waals surface area contributed by atoms with Gasteiger partial charge >= 0.3 is 0 Å². The monoisotopic (exact) mass is 279 g/mol. The summed E-state index contributed by atoms with van der Waals surface area (Å²) in [6.07, 6.45) is 8.31. The smallest absolute Gasteiger partial charge is 0.137 e. The fourth-order valence-corrected chi connectivity index (χ4v) is 4.12. The first-order valence-electron chi connectivity index (χ1n) is 8.68. The fourth-order valence-electron chi connectivity index (χ4n) is 4.12. The van der Waals surface area contributed by atoms with Gasteiger partial charge in [0.05, 0.1) is 0 Å². The van der Waals surface area contributed by atoms with Crippen molar-refractivity contribution in [2.24, 2.45) is 17.3 Å². The Morgan fingerprint density at radius 1 is 1.20 bits per heavy atom. The molecule has 0 aromatic rings. The summed E-state index contributed by atoms with van der Waals surface area (Å²) < 4.78 is 0.